The molecule has 1 fully saturated rings. The monoisotopic (exact) mass is 256 g/mol. The minimum atomic E-state index is -0.432. The van der Waals surface area contributed by atoms with Crippen molar-refractivity contribution in [1.82, 2.24) is 9.97 Å². The molecular weight excluding hydrogens is 240 g/mol. The Bertz CT molecular complexity index is 647. The zero-order valence-corrected chi connectivity index (χ0v) is 10.9. The molecule has 0 saturated carbocycles. The average molecular weight is 256 g/mol. The van der Waals surface area contributed by atoms with Crippen molar-refractivity contribution in [2.24, 2.45) is 5.73 Å². The number of anilines is 1. The number of carbonyl (C=O) groups excluding carboxylic acids is 1. The maximum atomic E-state index is 11.6. The molecule has 0 unspecified atom stereocenters. The normalized spacial score (nSPS) is 15.1. The van der Waals surface area contributed by atoms with Gasteiger partial charge in [0.25, 0.3) is 0 Å². The van der Waals surface area contributed by atoms with E-state index in [1.807, 2.05) is 19.1 Å². The minimum Gasteiger partial charge on any atom is -0.366 e. The number of aromatic nitrogens is 2. The van der Waals surface area contributed by atoms with Crippen LogP contribution in [0.1, 0.15) is 29.0 Å². The van der Waals surface area contributed by atoms with Crippen molar-refractivity contribution < 1.29 is 4.79 Å². The summed E-state index contributed by atoms with van der Waals surface area (Å²) in [6.07, 6.45) is 2.31. The van der Waals surface area contributed by atoms with E-state index in [0.717, 1.165) is 48.5 Å². The Labute approximate surface area is 111 Å². The number of aryl methyl sites for hydroxylation is 1. The standard InChI is InChI=1S/C14H16N4O/c1-9-16-11-6-4-5-10(13(15)19)12(11)14(17-9)18-7-2-3-8-18/h4-6H,2-3,7-8H2,1H3,(H2,15,19). The van der Waals surface area contributed by atoms with Crippen molar-refractivity contribution in [2.45, 2.75) is 19.8 Å². The van der Waals surface area contributed by atoms with Crippen LogP contribution in [0.2, 0.25) is 0 Å². The highest BCUT2D eigenvalue weighted by atomic mass is 16.1. The van der Waals surface area contributed by atoms with E-state index in [0.29, 0.717) is 5.56 Å². The number of amides is 1. The molecule has 19 heavy (non-hydrogen) atoms. The van der Waals surface area contributed by atoms with Crippen molar-refractivity contribution in [2.75, 3.05) is 18.0 Å². The fourth-order valence-electron chi connectivity index (χ4n) is 2.64. The fourth-order valence-corrected chi connectivity index (χ4v) is 2.64. The number of hydrogen-bond donors (Lipinski definition) is 1. The Hall–Kier alpha value is -2.17. The molecule has 5 nitrogen and oxygen atoms in total. The number of nitrogens with zero attached hydrogens (tertiary/aromatic N) is 3. The molecule has 1 saturated heterocycles. The van der Waals surface area contributed by atoms with Crippen LogP contribution in [0.15, 0.2) is 18.2 Å². The second-order valence-corrected chi connectivity index (χ2v) is 4.85. The van der Waals surface area contributed by atoms with Crippen molar-refractivity contribution in [3.63, 3.8) is 0 Å². The van der Waals surface area contributed by atoms with Crippen molar-refractivity contribution in [3.8, 4) is 0 Å². The lowest BCUT2D eigenvalue weighted by Crippen LogP contribution is -2.21. The van der Waals surface area contributed by atoms with E-state index in [1.54, 1.807) is 6.07 Å². The number of carbonyl (C=O) groups is 1. The van der Waals surface area contributed by atoms with Crippen LogP contribution in [0, 0.1) is 6.92 Å². The Morgan fingerprint density at radius 1 is 1.26 bits per heavy atom. The lowest BCUT2D eigenvalue weighted by atomic mass is 10.1. The molecule has 0 aliphatic carbocycles. The van der Waals surface area contributed by atoms with Gasteiger partial charge in [0.1, 0.15) is 11.6 Å². The van der Waals surface area contributed by atoms with E-state index >= 15 is 0 Å². The quantitative estimate of drug-likeness (QED) is 0.886. The van der Waals surface area contributed by atoms with Gasteiger partial charge in [-0.3, -0.25) is 4.79 Å². The molecule has 2 heterocycles. The second-order valence-electron chi connectivity index (χ2n) is 4.85. The Morgan fingerprint density at radius 2 is 2.00 bits per heavy atom. The van der Waals surface area contributed by atoms with E-state index in [2.05, 4.69) is 14.9 Å². The van der Waals surface area contributed by atoms with Gasteiger partial charge in [0, 0.05) is 13.1 Å². The summed E-state index contributed by atoms with van der Waals surface area (Å²) in [7, 11) is 0. The molecule has 1 aliphatic heterocycles. The third-order valence-electron chi connectivity index (χ3n) is 3.49. The lowest BCUT2D eigenvalue weighted by Gasteiger charge is -2.19. The summed E-state index contributed by atoms with van der Waals surface area (Å²) < 4.78 is 0. The number of hydrogen-bond acceptors (Lipinski definition) is 4. The van der Waals surface area contributed by atoms with Crippen LogP contribution in [-0.4, -0.2) is 29.0 Å². The third kappa shape index (κ3) is 2.01. The van der Waals surface area contributed by atoms with Crippen LogP contribution in [0.4, 0.5) is 5.82 Å². The second kappa shape index (κ2) is 4.50. The largest absolute Gasteiger partial charge is 0.366 e. The van der Waals surface area contributed by atoms with Crippen LogP contribution >= 0.6 is 0 Å². The van der Waals surface area contributed by atoms with Crippen LogP contribution < -0.4 is 10.6 Å². The molecule has 1 aromatic carbocycles. The van der Waals surface area contributed by atoms with Crippen molar-refractivity contribution in [3.05, 3.63) is 29.6 Å². The number of fused-ring (bicyclic) bond motifs is 1. The van der Waals surface area contributed by atoms with E-state index in [-0.39, 0.29) is 0 Å². The van der Waals surface area contributed by atoms with Crippen molar-refractivity contribution in [1.29, 1.82) is 0 Å². The molecule has 0 spiro atoms. The van der Waals surface area contributed by atoms with Crippen molar-refractivity contribution >= 4 is 22.6 Å². The number of benzene rings is 1. The lowest BCUT2D eigenvalue weighted by molar-refractivity contribution is 0.100. The summed E-state index contributed by atoms with van der Waals surface area (Å²) in [6, 6.07) is 5.45. The summed E-state index contributed by atoms with van der Waals surface area (Å²) in [5, 5.41) is 0.780. The molecule has 0 radical (unpaired) electrons. The zero-order chi connectivity index (χ0) is 13.4. The van der Waals surface area contributed by atoms with Gasteiger partial charge in [0.2, 0.25) is 5.91 Å². The van der Waals surface area contributed by atoms with E-state index in [9.17, 15) is 4.79 Å². The smallest absolute Gasteiger partial charge is 0.249 e. The van der Waals surface area contributed by atoms with Crippen LogP contribution in [0.25, 0.3) is 10.9 Å². The maximum Gasteiger partial charge on any atom is 0.249 e. The van der Waals surface area contributed by atoms with Gasteiger partial charge in [-0.1, -0.05) is 6.07 Å². The molecule has 2 N–H and O–H groups in total. The Kier molecular flexibility index (Phi) is 2.81. The molecular formula is C14H16N4O. The van der Waals surface area contributed by atoms with Gasteiger partial charge in [0.05, 0.1) is 16.5 Å². The zero-order valence-electron chi connectivity index (χ0n) is 10.9. The summed E-state index contributed by atoms with van der Waals surface area (Å²) >= 11 is 0. The highest BCUT2D eigenvalue weighted by molar-refractivity contribution is 6.09. The number of nitrogens with two attached hydrogens (primary N) is 1. The van der Waals surface area contributed by atoms with Gasteiger partial charge in [0.15, 0.2) is 0 Å². The molecule has 1 amide bonds. The van der Waals surface area contributed by atoms with E-state index in [1.165, 1.54) is 0 Å². The minimum absolute atomic E-state index is 0.432. The topological polar surface area (TPSA) is 72.1 Å². The first kappa shape index (κ1) is 11.9. The van der Waals surface area contributed by atoms with Crippen LogP contribution in [-0.2, 0) is 0 Å². The SMILES string of the molecule is Cc1nc(N2CCCC2)c2c(C(N)=O)cccc2n1. The third-order valence-corrected chi connectivity index (χ3v) is 3.49. The first-order valence-corrected chi connectivity index (χ1v) is 6.49. The van der Waals surface area contributed by atoms with E-state index in [4.69, 9.17) is 5.73 Å². The van der Waals surface area contributed by atoms with E-state index < -0.39 is 5.91 Å². The molecule has 1 aliphatic rings. The van der Waals surface area contributed by atoms with Gasteiger partial charge < -0.3 is 10.6 Å². The first-order valence-electron chi connectivity index (χ1n) is 6.49. The highest BCUT2D eigenvalue weighted by Crippen LogP contribution is 2.29. The summed E-state index contributed by atoms with van der Waals surface area (Å²) in [6.45, 7) is 3.81. The fraction of sp³-hybridized carbons (Fsp3) is 0.357. The molecule has 2 aromatic rings. The van der Waals surface area contributed by atoms with Crippen LogP contribution in [0.5, 0.6) is 0 Å². The molecule has 5 heteroatoms. The van der Waals surface area contributed by atoms with Gasteiger partial charge in [-0.2, -0.15) is 0 Å². The van der Waals surface area contributed by atoms with Gasteiger partial charge in [-0.05, 0) is 31.9 Å². The van der Waals surface area contributed by atoms with Gasteiger partial charge in [-0.25, -0.2) is 9.97 Å². The summed E-state index contributed by atoms with van der Waals surface area (Å²) in [5.74, 6) is 1.13. The van der Waals surface area contributed by atoms with Gasteiger partial charge in [-0.15, -0.1) is 0 Å². The average Bonchev–Trinajstić information content (AvgIpc) is 2.90. The number of rotatable bonds is 2. The summed E-state index contributed by atoms with van der Waals surface area (Å²) in [5.41, 5.74) is 6.75. The maximum absolute atomic E-state index is 11.6. The Balaban J connectivity index is 2.31. The predicted octanol–water partition coefficient (Wildman–Crippen LogP) is 1.64. The number of primary amides is 1. The highest BCUT2D eigenvalue weighted by Gasteiger charge is 2.20. The van der Waals surface area contributed by atoms with Crippen LogP contribution in [0.3, 0.4) is 0 Å². The molecule has 1 aromatic heterocycles. The molecule has 0 bridgehead atoms. The first-order chi connectivity index (χ1) is 9.16. The molecule has 0 atom stereocenters. The predicted molar refractivity (Wildman–Crippen MR) is 74.2 cm³/mol. The van der Waals surface area contributed by atoms with Gasteiger partial charge >= 0.3 is 0 Å². The summed E-state index contributed by atoms with van der Waals surface area (Å²) in [4.78, 5) is 22.8. The molecule has 3 rings (SSSR count). The Morgan fingerprint density at radius 3 is 2.68 bits per heavy atom. The molecule has 98 valence electrons.